The fourth-order valence-corrected chi connectivity index (χ4v) is 2.15. The first-order valence-corrected chi connectivity index (χ1v) is 6.01. The minimum atomic E-state index is 0.132. The van der Waals surface area contributed by atoms with Crippen molar-refractivity contribution < 1.29 is 0 Å². The van der Waals surface area contributed by atoms with E-state index in [2.05, 4.69) is 33.9 Å². The summed E-state index contributed by atoms with van der Waals surface area (Å²) in [5, 5.41) is 0. The first-order chi connectivity index (χ1) is 8.77. The summed E-state index contributed by atoms with van der Waals surface area (Å²) < 4.78 is 0. The van der Waals surface area contributed by atoms with Gasteiger partial charge in [0.05, 0.1) is 11.7 Å². The first kappa shape index (κ1) is 12.4. The Labute approximate surface area is 108 Å². The van der Waals surface area contributed by atoms with Crippen molar-refractivity contribution in [2.75, 3.05) is 5.43 Å². The molecule has 0 bridgehead atoms. The van der Waals surface area contributed by atoms with Crippen LogP contribution < -0.4 is 10.9 Å². The van der Waals surface area contributed by atoms with Crippen LogP contribution >= 0.6 is 0 Å². The molecule has 0 spiro atoms. The van der Waals surface area contributed by atoms with Crippen LogP contribution in [0.1, 0.15) is 30.6 Å². The summed E-state index contributed by atoms with van der Waals surface area (Å²) in [6, 6.07) is 2.11. The molecule has 0 fully saturated rings. The maximum atomic E-state index is 5.25. The SMILES string of the molecule is C#CC/C=C\C(=C/C)C1NNc2ccnc(C)c21. The van der Waals surface area contributed by atoms with E-state index in [0.717, 1.165) is 11.4 Å². The minimum absolute atomic E-state index is 0.132. The molecule has 0 saturated heterocycles. The van der Waals surface area contributed by atoms with Crippen LogP contribution in [0.15, 0.2) is 36.1 Å². The molecule has 1 aromatic heterocycles. The van der Waals surface area contributed by atoms with Crippen LogP contribution in [-0.4, -0.2) is 4.98 Å². The molecule has 0 radical (unpaired) electrons. The van der Waals surface area contributed by atoms with Crippen LogP contribution in [0.5, 0.6) is 0 Å². The molecule has 0 aliphatic carbocycles. The smallest absolute Gasteiger partial charge is 0.0795 e. The molecule has 0 amide bonds. The highest BCUT2D eigenvalue weighted by atomic mass is 15.4. The van der Waals surface area contributed by atoms with Crippen LogP contribution in [0.2, 0.25) is 0 Å². The van der Waals surface area contributed by atoms with Crippen molar-refractivity contribution in [2.24, 2.45) is 0 Å². The average Bonchev–Trinajstić information content (AvgIpc) is 2.80. The van der Waals surface area contributed by atoms with E-state index >= 15 is 0 Å². The molecule has 2 N–H and O–H groups in total. The summed E-state index contributed by atoms with van der Waals surface area (Å²) in [5.41, 5.74) is 11.0. The molecule has 2 heterocycles. The van der Waals surface area contributed by atoms with Gasteiger partial charge in [-0.1, -0.05) is 18.2 Å². The quantitative estimate of drug-likeness (QED) is 0.629. The zero-order valence-electron chi connectivity index (χ0n) is 10.7. The lowest BCUT2D eigenvalue weighted by atomic mass is 9.97. The fourth-order valence-electron chi connectivity index (χ4n) is 2.15. The molecule has 2 rings (SSSR count). The largest absolute Gasteiger partial charge is 0.320 e. The molecular weight excluding hydrogens is 222 g/mol. The molecular formula is C15H17N3. The summed E-state index contributed by atoms with van der Waals surface area (Å²) in [5.74, 6) is 2.61. The Balaban J connectivity index is 2.30. The van der Waals surface area contributed by atoms with Gasteiger partial charge in [-0.3, -0.25) is 4.98 Å². The Morgan fingerprint density at radius 1 is 1.61 bits per heavy atom. The van der Waals surface area contributed by atoms with Crippen molar-refractivity contribution in [3.05, 3.63) is 47.3 Å². The van der Waals surface area contributed by atoms with Crippen molar-refractivity contribution in [2.45, 2.75) is 26.3 Å². The molecule has 1 aromatic rings. The van der Waals surface area contributed by atoms with E-state index in [1.54, 1.807) is 0 Å². The van der Waals surface area contributed by atoms with Gasteiger partial charge < -0.3 is 5.43 Å². The van der Waals surface area contributed by atoms with Crippen LogP contribution in [0.4, 0.5) is 5.69 Å². The van der Waals surface area contributed by atoms with Gasteiger partial charge in [-0.2, -0.15) is 0 Å². The normalized spacial score (nSPS) is 18.5. The number of hydrogen-bond donors (Lipinski definition) is 2. The lowest BCUT2D eigenvalue weighted by molar-refractivity contribution is 0.719. The number of hydrazine groups is 1. The van der Waals surface area contributed by atoms with Gasteiger partial charge >= 0.3 is 0 Å². The van der Waals surface area contributed by atoms with E-state index in [1.165, 1.54) is 11.1 Å². The third kappa shape index (κ3) is 2.29. The van der Waals surface area contributed by atoms with Crippen molar-refractivity contribution in [3.8, 4) is 12.3 Å². The average molecular weight is 239 g/mol. The molecule has 3 nitrogen and oxygen atoms in total. The highest BCUT2D eigenvalue weighted by Gasteiger charge is 2.25. The maximum absolute atomic E-state index is 5.25. The zero-order chi connectivity index (χ0) is 13.0. The molecule has 0 aromatic carbocycles. The standard InChI is InChI=1S/C15H17N3/c1-4-6-7-8-12(5-2)15-14-11(3)16-10-9-13(14)17-18-15/h1,5,7-10,15,17-18H,6H2,2-3H3/b8-7-,12-5+. The predicted octanol–water partition coefficient (Wildman–Crippen LogP) is 2.89. The number of aryl methyl sites for hydroxylation is 1. The molecule has 3 heteroatoms. The van der Waals surface area contributed by atoms with Gasteiger partial charge in [-0.15, -0.1) is 12.3 Å². The second kappa shape index (κ2) is 5.52. The van der Waals surface area contributed by atoms with E-state index in [1.807, 2.05) is 32.2 Å². The van der Waals surface area contributed by atoms with E-state index in [0.29, 0.717) is 6.42 Å². The molecule has 0 saturated carbocycles. The van der Waals surface area contributed by atoms with Gasteiger partial charge in [0.15, 0.2) is 0 Å². The first-order valence-electron chi connectivity index (χ1n) is 6.01. The second-order valence-corrected chi connectivity index (χ2v) is 4.16. The number of fused-ring (bicyclic) bond motifs is 1. The van der Waals surface area contributed by atoms with Gasteiger partial charge in [0.1, 0.15) is 0 Å². The lowest BCUT2D eigenvalue weighted by Crippen LogP contribution is -2.20. The van der Waals surface area contributed by atoms with Crippen LogP contribution in [-0.2, 0) is 0 Å². The molecule has 1 atom stereocenters. The van der Waals surface area contributed by atoms with E-state index in [4.69, 9.17) is 6.42 Å². The van der Waals surface area contributed by atoms with Crippen LogP contribution in [0, 0.1) is 19.3 Å². The summed E-state index contributed by atoms with van der Waals surface area (Å²) >= 11 is 0. The number of nitrogens with one attached hydrogen (secondary N) is 2. The van der Waals surface area contributed by atoms with Crippen LogP contribution in [0.3, 0.4) is 0 Å². The van der Waals surface area contributed by atoms with Crippen molar-refractivity contribution in [1.29, 1.82) is 0 Å². The maximum Gasteiger partial charge on any atom is 0.0795 e. The van der Waals surface area contributed by atoms with Crippen molar-refractivity contribution in [3.63, 3.8) is 0 Å². The van der Waals surface area contributed by atoms with Gasteiger partial charge in [0, 0.05) is 23.9 Å². The van der Waals surface area contributed by atoms with Gasteiger partial charge in [0.2, 0.25) is 0 Å². The summed E-state index contributed by atoms with van der Waals surface area (Å²) in [7, 11) is 0. The molecule has 1 unspecified atom stereocenters. The Morgan fingerprint density at radius 2 is 2.44 bits per heavy atom. The number of pyridine rings is 1. The molecule has 18 heavy (non-hydrogen) atoms. The fraction of sp³-hybridized carbons (Fsp3) is 0.267. The second-order valence-electron chi connectivity index (χ2n) is 4.16. The molecule has 1 aliphatic rings. The van der Waals surface area contributed by atoms with Gasteiger partial charge in [-0.05, 0) is 25.5 Å². The Morgan fingerprint density at radius 3 is 3.17 bits per heavy atom. The number of nitrogens with zero attached hydrogens (tertiary/aromatic N) is 1. The predicted molar refractivity (Wildman–Crippen MR) is 74.8 cm³/mol. The Kier molecular flexibility index (Phi) is 3.81. The number of aromatic nitrogens is 1. The summed E-state index contributed by atoms with van der Waals surface area (Å²) in [6.45, 7) is 4.06. The Hall–Kier alpha value is -2.05. The van der Waals surface area contributed by atoms with E-state index < -0.39 is 0 Å². The summed E-state index contributed by atoms with van der Waals surface area (Å²) in [4.78, 5) is 4.35. The Bertz CT molecular complexity index is 535. The van der Waals surface area contributed by atoms with Crippen molar-refractivity contribution in [1.82, 2.24) is 10.4 Å². The zero-order valence-corrected chi connectivity index (χ0v) is 10.7. The van der Waals surface area contributed by atoms with E-state index in [-0.39, 0.29) is 6.04 Å². The topological polar surface area (TPSA) is 37.0 Å². The van der Waals surface area contributed by atoms with Crippen LogP contribution in [0.25, 0.3) is 0 Å². The monoisotopic (exact) mass is 239 g/mol. The van der Waals surface area contributed by atoms with Gasteiger partial charge in [-0.25, -0.2) is 5.43 Å². The molecule has 92 valence electrons. The number of allylic oxidation sites excluding steroid dienone is 2. The van der Waals surface area contributed by atoms with E-state index in [9.17, 15) is 0 Å². The summed E-state index contributed by atoms with van der Waals surface area (Å²) in [6.07, 6.45) is 13.9. The highest BCUT2D eigenvalue weighted by Crippen LogP contribution is 2.34. The number of anilines is 1. The third-order valence-electron chi connectivity index (χ3n) is 3.04. The number of hydrogen-bond acceptors (Lipinski definition) is 3. The van der Waals surface area contributed by atoms with Gasteiger partial charge in [0.25, 0.3) is 0 Å². The lowest BCUT2D eigenvalue weighted by Gasteiger charge is -2.13. The highest BCUT2D eigenvalue weighted by molar-refractivity contribution is 5.60. The third-order valence-corrected chi connectivity index (χ3v) is 3.04. The minimum Gasteiger partial charge on any atom is -0.320 e. The molecule has 1 aliphatic heterocycles. The number of rotatable bonds is 3. The number of terminal acetylenes is 1. The van der Waals surface area contributed by atoms with Crippen molar-refractivity contribution >= 4 is 5.69 Å².